The highest BCUT2D eigenvalue weighted by Gasteiger charge is 2.32. The molecule has 0 aromatic carbocycles. The van der Waals surface area contributed by atoms with Gasteiger partial charge in [-0.2, -0.15) is 5.26 Å². The number of pyridine rings is 1. The van der Waals surface area contributed by atoms with Crippen LogP contribution in [0.5, 0.6) is 5.75 Å². The molecular formula is C7HBrClF3N2O. The van der Waals surface area contributed by atoms with Crippen molar-refractivity contribution in [1.82, 2.24) is 4.98 Å². The van der Waals surface area contributed by atoms with Gasteiger partial charge in [0.05, 0.1) is 4.47 Å². The number of ether oxygens (including phenoxy) is 1. The van der Waals surface area contributed by atoms with Gasteiger partial charge in [0.25, 0.3) is 0 Å². The van der Waals surface area contributed by atoms with Gasteiger partial charge in [-0.25, -0.2) is 4.98 Å². The van der Waals surface area contributed by atoms with Gasteiger partial charge in [0.2, 0.25) is 0 Å². The lowest BCUT2D eigenvalue weighted by atomic mass is 10.3. The molecule has 0 aliphatic rings. The zero-order chi connectivity index (χ0) is 11.6. The maximum Gasteiger partial charge on any atom is 0.573 e. The summed E-state index contributed by atoms with van der Waals surface area (Å²) in [6.45, 7) is 0. The predicted octanol–water partition coefficient (Wildman–Crippen LogP) is 3.27. The van der Waals surface area contributed by atoms with Crippen molar-refractivity contribution in [3.63, 3.8) is 0 Å². The van der Waals surface area contributed by atoms with Gasteiger partial charge in [-0.15, -0.1) is 13.2 Å². The first-order chi connectivity index (χ1) is 6.83. The monoisotopic (exact) mass is 300 g/mol. The van der Waals surface area contributed by atoms with Crippen molar-refractivity contribution >= 4 is 27.5 Å². The van der Waals surface area contributed by atoms with Crippen LogP contribution >= 0.6 is 27.5 Å². The standard InChI is InChI=1S/C7HBrClF3N2O/c8-5-4(15-7(10,11)12)1-3(2-13)14-6(5)9/h1H. The van der Waals surface area contributed by atoms with Gasteiger partial charge >= 0.3 is 6.36 Å². The Bertz CT molecular complexity index is 429. The van der Waals surface area contributed by atoms with E-state index in [1.807, 2.05) is 0 Å². The van der Waals surface area contributed by atoms with Crippen LogP contribution in [0.2, 0.25) is 5.15 Å². The van der Waals surface area contributed by atoms with Crippen LogP contribution in [0.3, 0.4) is 0 Å². The zero-order valence-corrected chi connectivity index (χ0v) is 9.11. The normalized spacial score (nSPS) is 10.9. The lowest BCUT2D eigenvalue weighted by Gasteiger charge is -2.10. The lowest BCUT2D eigenvalue weighted by Crippen LogP contribution is -2.17. The Hall–Kier alpha value is -1.00. The molecule has 0 amide bonds. The van der Waals surface area contributed by atoms with Crippen molar-refractivity contribution in [1.29, 1.82) is 5.26 Å². The Labute approximate surface area is 95.6 Å². The van der Waals surface area contributed by atoms with Gasteiger partial charge < -0.3 is 4.74 Å². The molecule has 0 spiro atoms. The van der Waals surface area contributed by atoms with E-state index in [1.54, 1.807) is 6.07 Å². The summed E-state index contributed by atoms with van der Waals surface area (Å²) < 4.78 is 39.2. The fourth-order valence-electron chi connectivity index (χ4n) is 0.733. The SMILES string of the molecule is N#Cc1cc(OC(F)(F)F)c(Br)c(Cl)n1. The summed E-state index contributed by atoms with van der Waals surface area (Å²) in [5, 5.41) is 8.18. The molecule has 1 aromatic heterocycles. The van der Waals surface area contributed by atoms with E-state index in [2.05, 4.69) is 25.7 Å². The first-order valence-corrected chi connectivity index (χ1v) is 4.52. The van der Waals surface area contributed by atoms with Crippen LogP contribution in [0.15, 0.2) is 10.5 Å². The molecule has 80 valence electrons. The molecule has 3 nitrogen and oxygen atoms in total. The summed E-state index contributed by atoms with van der Waals surface area (Å²) in [6.07, 6.45) is -4.85. The van der Waals surface area contributed by atoms with Crippen molar-refractivity contribution in [2.24, 2.45) is 0 Å². The Morgan fingerprint density at radius 2 is 2.13 bits per heavy atom. The quantitative estimate of drug-likeness (QED) is 0.748. The molecule has 8 heteroatoms. The van der Waals surface area contributed by atoms with Crippen molar-refractivity contribution in [3.8, 4) is 11.8 Å². The van der Waals surface area contributed by atoms with Crippen LogP contribution in [0.25, 0.3) is 0 Å². The number of aromatic nitrogens is 1. The molecule has 0 radical (unpaired) electrons. The number of halogens is 5. The molecule has 0 saturated heterocycles. The second-order valence-corrected chi connectivity index (χ2v) is 3.42. The first kappa shape index (κ1) is 12.1. The second kappa shape index (κ2) is 4.24. The van der Waals surface area contributed by atoms with E-state index < -0.39 is 12.1 Å². The van der Waals surface area contributed by atoms with Crippen LogP contribution in [0, 0.1) is 11.3 Å². The summed E-state index contributed by atoms with van der Waals surface area (Å²) in [5.41, 5.74) is -0.262. The maximum atomic E-state index is 11.9. The fraction of sp³-hybridized carbons (Fsp3) is 0.143. The van der Waals surface area contributed by atoms with Crippen LogP contribution in [0.4, 0.5) is 13.2 Å². The molecule has 1 heterocycles. The highest BCUT2D eigenvalue weighted by molar-refractivity contribution is 9.10. The molecule has 0 bridgehead atoms. The van der Waals surface area contributed by atoms with Crippen molar-refractivity contribution < 1.29 is 17.9 Å². The van der Waals surface area contributed by atoms with Gasteiger partial charge in [-0.1, -0.05) is 11.6 Å². The van der Waals surface area contributed by atoms with E-state index in [0.29, 0.717) is 0 Å². The van der Waals surface area contributed by atoms with Crippen LogP contribution in [-0.4, -0.2) is 11.3 Å². The maximum absolute atomic E-state index is 11.9. The van der Waals surface area contributed by atoms with Crippen molar-refractivity contribution in [3.05, 3.63) is 21.4 Å². The molecule has 0 saturated carbocycles. The van der Waals surface area contributed by atoms with Crippen LogP contribution < -0.4 is 4.74 Å². The molecule has 15 heavy (non-hydrogen) atoms. The Morgan fingerprint density at radius 3 is 2.60 bits per heavy atom. The number of hydrogen-bond acceptors (Lipinski definition) is 3. The molecule has 0 aliphatic carbocycles. The van der Waals surface area contributed by atoms with E-state index in [1.165, 1.54) is 0 Å². The lowest BCUT2D eigenvalue weighted by molar-refractivity contribution is -0.274. The van der Waals surface area contributed by atoms with Gasteiger partial charge in [-0.3, -0.25) is 0 Å². The minimum Gasteiger partial charge on any atom is -0.404 e. The Kier molecular flexibility index (Phi) is 3.42. The minimum absolute atomic E-state index is 0.152. The van der Waals surface area contributed by atoms with Gasteiger partial charge in [0.15, 0.2) is 0 Å². The number of rotatable bonds is 1. The van der Waals surface area contributed by atoms with Gasteiger partial charge in [-0.05, 0) is 15.9 Å². The molecule has 0 fully saturated rings. The largest absolute Gasteiger partial charge is 0.573 e. The fourth-order valence-corrected chi connectivity index (χ4v) is 1.20. The van der Waals surface area contributed by atoms with Crippen LogP contribution in [0.1, 0.15) is 5.69 Å². The molecule has 0 unspecified atom stereocenters. The molecule has 0 N–H and O–H groups in total. The minimum atomic E-state index is -4.85. The summed E-state index contributed by atoms with van der Waals surface area (Å²) in [4.78, 5) is 3.49. The first-order valence-electron chi connectivity index (χ1n) is 3.35. The number of alkyl halides is 3. The number of nitrogens with zero attached hydrogens (tertiary/aromatic N) is 2. The molecular weight excluding hydrogens is 300 g/mol. The van der Waals surface area contributed by atoms with E-state index >= 15 is 0 Å². The smallest absolute Gasteiger partial charge is 0.404 e. The number of hydrogen-bond donors (Lipinski definition) is 0. The predicted molar refractivity (Wildman–Crippen MR) is 48.3 cm³/mol. The highest BCUT2D eigenvalue weighted by Crippen LogP contribution is 2.34. The van der Waals surface area contributed by atoms with Crippen molar-refractivity contribution in [2.45, 2.75) is 6.36 Å². The zero-order valence-electron chi connectivity index (χ0n) is 6.77. The van der Waals surface area contributed by atoms with E-state index in [0.717, 1.165) is 6.07 Å². The summed E-state index contributed by atoms with van der Waals surface area (Å²) in [6, 6.07) is 2.39. The molecule has 0 aliphatic heterocycles. The summed E-state index contributed by atoms with van der Waals surface area (Å²) in [7, 11) is 0. The Morgan fingerprint density at radius 1 is 1.53 bits per heavy atom. The van der Waals surface area contributed by atoms with E-state index in [-0.39, 0.29) is 15.3 Å². The molecule has 1 aromatic rings. The molecule has 0 atom stereocenters. The van der Waals surface area contributed by atoms with E-state index in [4.69, 9.17) is 16.9 Å². The third kappa shape index (κ3) is 3.25. The number of nitriles is 1. The van der Waals surface area contributed by atoms with Crippen molar-refractivity contribution in [2.75, 3.05) is 0 Å². The topological polar surface area (TPSA) is 45.9 Å². The third-order valence-electron chi connectivity index (χ3n) is 1.22. The summed E-state index contributed by atoms with van der Waals surface area (Å²) >= 11 is 8.24. The molecule has 1 rings (SSSR count). The highest BCUT2D eigenvalue weighted by atomic mass is 79.9. The third-order valence-corrected chi connectivity index (χ3v) is 2.49. The van der Waals surface area contributed by atoms with Gasteiger partial charge in [0.1, 0.15) is 22.7 Å². The van der Waals surface area contributed by atoms with Crippen LogP contribution in [-0.2, 0) is 0 Å². The van der Waals surface area contributed by atoms with Gasteiger partial charge in [0, 0.05) is 6.07 Å². The average molecular weight is 301 g/mol. The Balaban J connectivity index is 3.18. The second-order valence-electron chi connectivity index (χ2n) is 2.27. The average Bonchev–Trinajstić information content (AvgIpc) is 2.10. The summed E-state index contributed by atoms with van der Waals surface area (Å²) in [5.74, 6) is -0.598. The van der Waals surface area contributed by atoms with E-state index in [9.17, 15) is 13.2 Å².